The van der Waals surface area contributed by atoms with Gasteiger partial charge >= 0.3 is 0 Å². The molecule has 1 heterocycles. The normalized spacial score (nSPS) is 10.5. The summed E-state index contributed by atoms with van der Waals surface area (Å²) in [5, 5.41) is 3.21. The summed E-state index contributed by atoms with van der Waals surface area (Å²) in [6.07, 6.45) is 0. The minimum absolute atomic E-state index is 0.236. The van der Waals surface area contributed by atoms with Gasteiger partial charge in [0.25, 0.3) is 0 Å². The Morgan fingerprint density at radius 3 is 2.40 bits per heavy atom. The van der Waals surface area contributed by atoms with Crippen LogP contribution >= 0.6 is 0 Å². The Kier molecular flexibility index (Phi) is 5.23. The molecule has 3 rings (SSSR count). The van der Waals surface area contributed by atoms with Crippen LogP contribution in [0.1, 0.15) is 16.8 Å². The standard InChI is InChI=1S/C20H21FN4/c1-15-12-19(25(2)14-17-6-4-3-5-7-17)24-20(23-15)22-13-16-8-10-18(21)11-9-16/h3-12H,13-14H2,1-2H3,(H,22,23,24). The van der Waals surface area contributed by atoms with Crippen molar-refractivity contribution in [2.75, 3.05) is 17.3 Å². The molecule has 25 heavy (non-hydrogen) atoms. The van der Waals surface area contributed by atoms with E-state index in [1.165, 1.54) is 17.7 Å². The van der Waals surface area contributed by atoms with Crippen molar-refractivity contribution in [3.63, 3.8) is 0 Å². The van der Waals surface area contributed by atoms with E-state index < -0.39 is 0 Å². The van der Waals surface area contributed by atoms with Gasteiger partial charge in [-0.15, -0.1) is 0 Å². The Balaban J connectivity index is 1.70. The topological polar surface area (TPSA) is 41.1 Å². The molecule has 4 nitrogen and oxygen atoms in total. The maximum Gasteiger partial charge on any atom is 0.225 e. The summed E-state index contributed by atoms with van der Waals surface area (Å²) in [5.74, 6) is 1.19. The number of benzene rings is 2. The predicted octanol–water partition coefficient (Wildman–Crippen LogP) is 4.17. The molecule has 0 spiro atoms. The van der Waals surface area contributed by atoms with Crippen LogP contribution in [0.2, 0.25) is 0 Å². The molecule has 3 aromatic rings. The summed E-state index contributed by atoms with van der Waals surface area (Å²) in [4.78, 5) is 11.1. The fraction of sp³-hybridized carbons (Fsp3) is 0.200. The van der Waals surface area contributed by atoms with Crippen molar-refractivity contribution >= 4 is 11.8 Å². The van der Waals surface area contributed by atoms with Gasteiger partial charge in [0.1, 0.15) is 11.6 Å². The van der Waals surface area contributed by atoms with Gasteiger partial charge in [-0.25, -0.2) is 9.37 Å². The smallest absolute Gasteiger partial charge is 0.225 e. The lowest BCUT2D eigenvalue weighted by Gasteiger charge is -2.19. The predicted molar refractivity (Wildman–Crippen MR) is 99.0 cm³/mol. The second kappa shape index (κ2) is 7.75. The van der Waals surface area contributed by atoms with Crippen LogP contribution in [0.15, 0.2) is 60.7 Å². The van der Waals surface area contributed by atoms with Crippen molar-refractivity contribution in [1.29, 1.82) is 0 Å². The van der Waals surface area contributed by atoms with Gasteiger partial charge in [0, 0.05) is 31.9 Å². The monoisotopic (exact) mass is 336 g/mol. The number of aryl methyl sites for hydroxylation is 1. The zero-order valence-corrected chi connectivity index (χ0v) is 14.4. The molecule has 0 aliphatic rings. The highest BCUT2D eigenvalue weighted by Gasteiger charge is 2.08. The van der Waals surface area contributed by atoms with E-state index in [0.29, 0.717) is 12.5 Å². The third kappa shape index (κ3) is 4.76. The largest absolute Gasteiger partial charge is 0.355 e. The first kappa shape index (κ1) is 16.9. The SMILES string of the molecule is Cc1cc(N(C)Cc2ccccc2)nc(NCc2ccc(F)cc2)n1. The highest BCUT2D eigenvalue weighted by atomic mass is 19.1. The van der Waals surface area contributed by atoms with Gasteiger partial charge in [-0.1, -0.05) is 42.5 Å². The van der Waals surface area contributed by atoms with E-state index in [-0.39, 0.29) is 5.82 Å². The van der Waals surface area contributed by atoms with Crippen molar-refractivity contribution < 1.29 is 4.39 Å². The van der Waals surface area contributed by atoms with Crippen LogP contribution in [-0.4, -0.2) is 17.0 Å². The summed E-state index contributed by atoms with van der Waals surface area (Å²) in [6.45, 7) is 3.27. The van der Waals surface area contributed by atoms with Gasteiger partial charge in [0.15, 0.2) is 0 Å². The van der Waals surface area contributed by atoms with Gasteiger partial charge in [-0.3, -0.25) is 0 Å². The Morgan fingerprint density at radius 2 is 1.68 bits per heavy atom. The summed E-state index contributed by atoms with van der Waals surface area (Å²) in [5.41, 5.74) is 3.10. The van der Waals surface area contributed by atoms with Crippen molar-refractivity contribution in [1.82, 2.24) is 9.97 Å². The maximum atomic E-state index is 13.0. The van der Waals surface area contributed by atoms with E-state index in [0.717, 1.165) is 23.6 Å². The molecule has 0 saturated carbocycles. The van der Waals surface area contributed by atoms with E-state index in [9.17, 15) is 4.39 Å². The summed E-state index contributed by atoms with van der Waals surface area (Å²) in [6, 6.07) is 18.6. The molecule has 0 radical (unpaired) electrons. The van der Waals surface area contributed by atoms with E-state index in [1.54, 1.807) is 12.1 Å². The molecule has 128 valence electrons. The molecule has 0 aliphatic carbocycles. The summed E-state index contributed by atoms with van der Waals surface area (Å²) < 4.78 is 13.0. The molecule has 0 fully saturated rings. The summed E-state index contributed by atoms with van der Waals surface area (Å²) in [7, 11) is 2.01. The zero-order chi connectivity index (χ0) is 17.6. The fourth-order valence-electron chi connectivity index (χ4n) is 2.55. The van der Waals surface area contributed by atoms with Gasteiger partial charge < -0.3 is 10.2 Å². The van der Waals surface area contributed by atoms with E-state index in [1.807, 2.05) is 38.2 Å². The number of nitrogens with zero attached hydrogens (tertiary/aromatic N) is 3. The molecule has 0 amide bonds. The molecular weight excluding hydrogens is 315 g/mol. The minimum Gasteiger partial charge on any atom is -0.355 e. The third-order valence-electron chi connectivity index (χ3n) is 3.86. The molecule has 0 aliphatic heterocycles. The van der Waals surface area contributed by atoms with E-state index in [2.05, 4.69) is 32.3 Å². The van der Waals surface area contributed by atoms with Gasteiger partial charge in [-0.2, -0.15) is 4.98 Å². The first-order valence-electron chi connectivity index (χ1n) is 8.19. The Hall–Kier alpha value is -2.95. The number of hydrogen-bond donors (Lipinski definition) is 1. The molecular formula is C20H21FN4. The van der Waals surface area contributed by atoms with Crippen LogP contribution in [0.5, 0.6) is 0 Å². The van der Waals surface area contributed by atoms with Crippen LogP contribution in [0, 0.1) is 12.7 Å². The van der Waals surface area contributed by atoms with Crippen LogP contribution in [0.25, 0.3) is 0 Å². The van der Waals surface area contributed by atoms with Crippen molar-refractivity contribution in [3.05, 3.63) is 83.3 Å². The lowest BCUT2D eigenvalue weighted by atomic mass is 10.2. The maximum absolute atomic E-state index is 13.0. The van der Waals surface area contributed by atoms with E-state index >= 15 is 0 Å². The fourth-order valence-corrected chi connectivity index (χ4v) is 2.55. The molecule has 0 saturated heterocycles. The molecule has 5 heteroatoms. The quantitative estimate of drug-likeness (QED) is 0.733. The number of hydrogen-bond acceptors (Lipinski definition) is 4. The average molecular weight is 336 g/mol. The number of nitrogens with one attached hydrogen (secondary N) is 1. The highest BCUT2D eigenvalue weighted by Crippen LogP contribution is 2.16. The molecule has 1 N–H and O–H groups in total. The summed E-state index contributed by atoms with van der Waals surface area (Å²) >= 11 is 0. The number of rotatable bonds is 6. The van der Waals surface area contributed by atoms with E-state index in [4.69, 9.17) is 0 Å². The van der Waals surface area contributed by atoms with Crippen molar-refractivity contribution in [2.24, 2.45) is 0 Å². The lowest BCUT2D eigenvalue weighted by molar-refractivity contribution is 0.627. The Morgan fingerprint density at radius 1 is 0.960 bits per heavy atom. The molecule has 0 atom stereocenters. The van der Waals surface area contributed by atoms with Crippen LogP contribution < -0.4 is 10.2 Å². The van der Waals surface area contributed by atoms with Gasteiger partial charge in [0.05, 0.1) is 0 Å². The van der Waals surface area contributed by atoms with Crippen molar-refractivity contribution in [3.8, 4) is 0 Å². The zero-order valence-electron chi connectivity index (χ0n) is 14.4. The van der Waals surface area contributed by atoms with Crippen LogP contribution in [0.4, 0.5) is 16.2 Å². The highest BCUT2D eigenvalue weighted by molar-refractivity contribution is 5.45. The molecule has 2 aromatic carbocycles. The van der Waals surface area contributed by atoms with Gasteiger partial charge in [0.2, 0.25) is 5.95 Å². The Labute approximate surface area is 147 Å². The molecule has 0 unspecified atom stereocenters. The lowest BCUT2D eigenvalue weighted by Crippen LogP contribution is -2.19. The molecule has 1 aromatic heterocycles. The first-order chi connectivity index (χ1) is 12.1. The third-order valence-corrected chi connectivity index (χ3v) is 3.86. The van der Waals surface area contributed by atoms with Crippen LogP contribution in [0.3, 0.4) is 0 Å². The first-order valence-corrected chi connectivity index (χ1v) is 8.19. The second-order valence-electron chi connectivity index (χ2n) is 6.01. The van der Waals surface area contributed by atoms with Gasteiger partial charge in [-0.05, 0) is 30.2 Å². The molecule has 0 bridgehead atoms. The second-order valence-corrected chi connectivity index (χ2v) is 6.01. The Bertz CT molecular complexity index is 819. The number of halogens is 1. The average Bonchev–Trinajstić information content (AvgIpc) is 2.61. The minimum atomic E-state index is -0.236. The van der Waals surface area contributed by atoms with Crippen molar-refractivity contribution in [2.45, 2.75) is 20.0 Å². The van der Waals surface area contributed by atoms with Crippen LogP contribution in [-0.2, 0) is 13.1 Å². The number of aromatic nitrogens is 2. The number of anilines is 2.